The molecule has 0 bridgehead atoms. The zero-order chi connectivity index (χ0) is 25.1. The predicted octanol–water partition coefficient (Wildman–Crippen LogP) is 5.44. The smallest absolute Gasteiger partial charge is 0.255 e. The van der Waals surface area contributed by atoms with Gasteiger partial charge in [0, 0.05) is 61.1 Å². The Kier molecular flexibility index (Phi) is 6.91. The van der Waals surface area contributed by atoms with E-state index in [0.29, 0.717) is 18.5 Å². The second kappa shape index (κ2) is 10.4. The van der Waals surface area contributed by atoms with E-state index >= 15 is 4.39 Å². The van der Waals surface area contributed by atoms with Crippen LogP contribution in [0.15, 0.2) is 72.8 Å². The first kappa shape index (κ1) is 23.9. The van der Waals surface area contributed by atoms with Crippen LogP contribution < -0.4 is 10.2 Å². The van der Waals surface area contributed by atoms with Gasteiger partial charge in [-0.2, -0.15) is 0 Å². The topological polar surface area (TPSA) is 48.5 Å². The highest BCUT2D eigenvalue weighted by atomic mass is 19.1. The fourth-order valence-corrected chi connectivity index (χ4v) is 4.71. The lowest BCUT2D eigenvalue weighted by Gasteiger charge is -2.36. The standard InChI is InChI=1S/C29H28F2N4O/c1-20-10-11-24-25(32-20)8-5-9-27(24)35-16-14-34(15-17-35)13-12-22-18-23(30)19-26(28(22)31)33-29(36)21-6-3-2-4-7-21/h2-11,18-19H,12-17H2,1H3,(H,33,36). The zero-order valence-corrected chi connectivity index (χ0v) is 20.2. The van der Waals surface area contributed by atoms with Crippen LogP contribution in [0.3, 0.4) is 0 Å². The van der Waals surface area contributed by atoms with Gasteiger partial charge in [0.05, 0.1) is 11.2 Å². The van der Waals surface area contributed by atoms with Crippen LogP contribution in [0.5, 0.6) is 0 Å². The van der Waals surface area contributed by atoms with Gasteiger partial charge in [0.2, 0.25) is 0 Å². The number of aromatic nitrogens is 1. The Bertz CT molecular complexity index is 1390. The van der Waals surface area contributed by atoms with Crippen molar-refractivity contribution in [3.05, 3.63) is 101 Å². The number of benzene rings is 3. The number of anilines is 2. The van der Waals surface area contributed by atoms with Crippen molar-refractivity contribution in [2.45, 2.75) is 13.3 Å². The van der Waals surface area contributed by atoms with Gasteiger partial charge in [0.25, 0.3) is 5.91 Å². The average Bonchev–Trinajstić information content (AvgIpc) is 2.90. The highest BCUT2D eigenvalue weighted by Gasteiger charge is 2.20. The van der Waals surface area contributed by atoms with Gasteiger partial charge in [-0.1, -0.05) is 24.3 Å². The second-order valence-corrected chi connectivity index (χ2v) is 9.12. The lowest BCUT2D eigenvalue weighted by atomic mass is 10.1. The number of hydrogen-bond acceptors (Lipinski definition) is 4. The molecule has 0 unspecified atom stereocenters. The molecule has 4 aromatic rings. The third kappa shape index (κ3) is 5.21. The first-order valence-electron chi connectivity index (χ1n) is 12.2. The van der Waals surface area contributed by atoms with Gasteiger partial charge >= 0.3 is 0 Å². The van der Waals surface area contributed by atoms with E-state index < -0.39 is 17.5 Å². The van der Waals surface area contributed by atoms with E-state index in [1.54, 1.807) is 30.3 Å². The fraction of sp³-hybridized carbons (Fsp3) is 0.241. The minimum atomic E-state index is -0.585. The zero-order valence-electron chi connectivity index (χ0n) is 20.2. The van der Waals surface area contributed by atoms with E-state index in [2.05, 4.69) is 32.2 Å². The van der Waals surface area contributed by atoms with Gasteiger partial charge < -0.3 is 10.2 Å². The average molecular weight is 487 g/mol. The first-order valence-corrected chi connectivity index (χ1v) is 12.2. The number of nitrogens with one attached hydrogen (secondary N) is 1. The fourth-order valence-electron chi connectivity index (χ4n) is 4.71. The minimum Gasteiger partial charge on any atom is -0.368 e. The Morgan fingerprint density at radius 2 is 1.72 bits per heavy atom. The minimum absolute atomic E-state index is 0.136. The van der Waals surface area contributed by atoms with Crippen LogP contribution in [0.2, 0.25) is 0 Å². The number of aryl methyl sites for hydroxylation is 1. The summed E-state index contributed by atoms with van der Waals surface area (Å²) in [5.74, 6) is -1.63. The van der Waals surface area contributed by atoms with Crippen molar-refractivity contribution in [1.82, 2.24) is 9.88 Å². The SMILES string of the molecule is Cc1ccc2c(N3CCN(CCc4cc(F)cc(NC(=O)c5ccccc5)c4F)CC3)cccc2n1. The number of carbonyl (C=O) groups excluding carboxylic acids is 1. The lowest BCUT2D eigenvalue weighted by Crippen LogP contribution is -2.47. The molecule has 0 aliphatic carbocycles. The number of hydrogen-bond donors (Lipinski definition) is 1. The largest absolute Gasteiger partial charge is 0.368 e. The number of halogens is 2. The molecule has 2 heterocycles. The van der Waals surface area contributed by atoms with Crippen molar-refractivity contribution < 1.29 is 13.6 Å². The van der Waals surface area contributed by atoms with Gasteiger partial charge in [0.1, 0.15) is 11.6 Å². The molecule has 1 aromatic heterocycles. The molecule has 1 fully saturated rings. The second-order valence-electron chi connectivity index (χ2n) is 9.12. The molecule has 7 heteroatoms. The molecule has 1 aliphatic heterocycles. The molecule has 0 saturated carbocycles. The van der Waals surface area contributed by atoms with Crippen LogP contribution in [-0.4, -0.2) is 48.5 Å². The molecule has 5 nitrogen and oxygen atoms in total. The number of pyridine rings is 1. The molecule has 1 amide bonds. The summed E-state index contributed by atoms with van der Waals surface area (Å²) in [5.41, 5.74) is 3.68. The molecular formula is C29H28F2N4O. The van der Waals surface area contributed by atoms with E-state index in [4.69, 9.17) is 0 Å². The highest BCUT2D eigenvalue weighted by Crippen LogP contribution is 2.27. The maximum Gasteiger partial charge on any atom is 0.255 e. The number of fused-ring (bicyclic) bond motifs is 1. The van der Waals surface area contributed by atoms with Crippen molar-refractivity contribution in [2.75, 3.05) is 42.9 Å². The molecule has 0 spiro atoms. The number of amides is 1. The third-order valence-electron chi connectivity index (χ3n) is 6.66. The number of nitrogens with zero attached hydrogens (tertiary/aromatic N) is 3. The van der Waals surface area contributed by atoms with Crippen LogP contribution in [0, 0.1) is 18.6 Å². The van der Waals surface area contributed by atoms with Gasteiger partial charge in [-0.15, -0.1) is 0 Å². The summed E-state index contributed by atoms with van der Waals surface area (Å²) in [4.78, 5) is 21.7. The predicted molar refractivity (Wildman–Crippen MR) is 140 cm³/mol. The summed E-state index contributed by atoms with van der Waals surface area (Å²) < 4.78 is 29.4. The molecule has 0 radical (unpaired) electrons. The van der Waals surface area contributed by atoms with Crippen molar-refractivity contribution >= 4 is 28.2 Å². The first-order chi connectivity index (χ1) is 17.5. The van der Waals surface area contributed by atoms with Crippen molar-refractivity contribution in [3.8, 4) is 0 Å². The van der Waals surface area contributed by atoms with Gasteiger partial charge in [-0.25, -0.2) is 8.78 Å². The van der Waals surface area contributed by atoms with E-state index in [-0.39, 0.29) is 11.3 Å². The van der Waals surface area contributed by atoms with Crippen LogP contribution in [0.1, 0.15) is 21.6 Å². The lowest BCUT2D eigenvalue weighted by molar-refractivity contribution is 0.102. The van der Waals surface area contributed by atoms with Crippen LogP contribution in [0.4, 0.5) is 20.2 Å². The summed E-state index contributed by atoms with van der Waals surface area (Å²) in [6.07, 6.45) is 0.356. The van der Waals surface area contributed by atoms with Gasteiger partial charge in [-0.3, -0.25) is 14.7 Å². The molecule has 1 N–H and O–H groups in total. The van der Waals surface area contributed by atoms with Crippen LogP contribution in [0.25, 0.3) is 10.9 Å². The highest BCUT2D eigenvalue weighted by molar-refractivity contribution is 6.04. The summed E-state index contributed by atoms with van der Waals surface area (Å²) >= 11 is 0. The Morgan fingerprint density at radius 3 is 2.50 bits per heavy atom. The van der Waals surface area contributed by atoms with E-state index in [1.807, 2.05) is 25.1 Å². The number of carbonyl (C=O) groups is 1. The number of rotatable bonds is 6. The monoisotopic (exact) mass is 486 g/mol. The van der Waals surface area contributed by atoms with E-state index in [0.717, 1.165) is 48.8 Å². The van der Waals surface area contributed by atoms with Crippen molar-refractivity contribution in [3.63, 3.8) is 0 Å². The van der Waals surface area contributed by atoms with E-state index in [9.17, 15) is 9.18 Å². The Morgan fingerprint density at radius 1 is 0.944 bits per heavy atom. The Balaban J connectivity index is 1.22. The summed E-state index contributed by atoms with van der Waals surface area (Å²) in [5, 5.41) is 3.65. The molecular weight excluding hydrogens is 458 g/mol. The molecule has 1 aliphatic rings. The Labute approximate surface area is 209 Å². The molecule has 1 saturated heterocycles. The van der Waals surface area contributed by atoms with Crippen molar-refractivity contribution in [1.29, 1.82) is 0 Å². The van der Waals surface area contributed by atoms with E-state index in [1.165, 1.54) is 11.8 Å². The molecule has 5 rings (SSSR count). The van der Waals surface area contributed by atoms with Crippen molar-refractivity contribution in [2.24, 2.45) is 0 Å². The van der Waals surface area contributed by atoms with Gasteiger partial charge in [0.15, 0.2) is 0 Å². The maximum absolute atomic E-state index is 15.1. The molecule has 184 valence electrons. The molecule has 36 heavy (non-hydrogen) atoms. The normalized spacial score (nSPS) is 14.2. The number of piperazine rings is 1. The summed E-state index contributed by atoms with van der Waals surface area (Å²) in [7, 11) is 0. The summed E-state index contributed by atoms with van der Waals surface area (Å²) in [6, 6.07) is 21.1. The third-order valence-corrected chi connectivity index (χ3v) is 6.66. The molecule has 0 atom stereocenters. The van der Waals surface area contributed by atoms with Crippen LogP contribution in [-0.2, 0) is 6.42 Å². The maximum atomic E-state index is 15.1. The molecule has 3 aromatic carbocycles. The quantitative estimate of drug-likeness (QED) is 0.394. The van der Waals surface area contributed by atoms with Gasteiger partial charge in [-0.05, 0) is 61.4 Å². The van der Waals surface area contributed by atoms with Crippen LogP contribution >= 0.6 is 0 Å². The summed E-state index contributed by atoms with van der Waals surface area (Å²) in [6.45, 7) is 5.94. The Hall–Kier alpha value is -3.84.